The zero-order chi connectivity index (χ0) is 37.3. The van der Waals surface area contributed by atoms with Crippen molar-refractivity contribution in [2.24, 2.45) is 9.98 Å². The van der Waals surface area contributed by atoms with Crippen LogP contribution in [0.15, 0.2) is 58.5 Å². The third-order valence-electron chi connectivity index (χ3n) is 9.39. The fraction of sp³-hybridized carbons (Fsp3) is 0.632. The van der Waals surface area contributed by atoms with Crippen molar-refractivity contribution in [2.75, 3.05) is 67.4 Å². The second-order valence-corrected chi connectivity index (χ2v) is 24.9. The summed E-state index contributed by atoms with van der Waals surface area (Å²) >= 11 is 0. The third-order valence-corrected chi connectivity index (χ3v) is 18.4. The number of benzene rings is 2. The normalized spacial score (nSPS) is 14.4. The van der Waals surface area contributed by atoms with Gasteiger partial charge in [0.1, 0.15) is 11.5 Å². The Bertz CT molecular complexity index is 1210. The van der Waals surface area contributed by atoms with Crippen LogP contribution in [0.25, 0.3) is 0 Å². The average Bonchev–Trinajstić information content (AvgIpc) is 3.05. The Morgan fingerprint density at radius 3 is 1.28 bits per heavy atom. The number of aliphatic imine (C=N–C) groups is 2. The monoisotopic (exact) mass is 732 g/mol. The first kappa shape index (κ1) is 43.7. The first-order valence-electron chi connectivity index (χ1n) is 17.4. The molecule has 0 radical (unpaired) electrons. The molecule has 0 saturated heterocycles. The van der Waals surface area contributed by atoms with Gasteiger partial charge in [0.2, 0.25) is 0 Å². The second-order valence-electron chi connectivity index (χ2n) is 15.2. The first-order valence-corrected chi connectivity index (χ1v) is 23.3. The summed E-state index contributed by atoms with van der Waals surface area (Å²) in [6.07, 6.45) is 3.71. The molecule has 2 atom stereocenters. The van der Waals surface area contributed by atoms with Gasteiger partial charge in [0.15, 0.2) is 30.2 Å². The molecule has 0 aliphatic rings. The van der Waals surface area contributed by atoms with Crippen LogP contribution in [-0.2, 0) is 27.8 Å². The number of para-hydroxylation sites is 2. The zero-order valence-corrected chi connectivity index (χ0v) is 34.7. The molecule has 0 bridgehead atoms. The lowest BCUT2D eigenvalue weighted by atomic mass is 10.1. The Balaban J connectivity index is 2.51. The van der Waals surface area contributed by atoms with E-state index >= 15 is 0 Å². The first-order chi connectivity index (χ1) is 23.5. The van der Waals surface area contributed by atoms with Crippen LogP contribution in [-0.4, -0.2) is 109 Å². The van der Waals surface area contributed by atoms with Crippen LogP contribution in [0.3, 0.4) is 0 Å². The molecule has 12 heteroatoms. The maximum absolute atomic E-state index is 6.81. The molecular formula is C38H64N2O8Si2. The molecular weight excluding hydrogens is 669 g/mol. The molecule has 0 unspecified atom stereocenters. The summed E-state index contributed by atoms with van der Waals surface area (Å²) in [5, 5.41) is 0.0606. The minimum Gasteiger partial charge on any atom is -0.467 e. The fourth-order valence-corrected chi connectivity index (χ4v) is 5.97. The van der Waals surface area contributed by atoms with Gasteiger partial charge in [-0.05, 0) is 60.5 Å². The topological polar surface area (TPSA) is 98.6 Å². The number of hydrogen-bond acceptors (Lipinski definition) is 10. The molecule has 0 saturated carbocycles. The maximum atomic E-state index is 6.81. The van der Waals surface area contributed by atoms with Gasteiger partial charge in [-0.25, -0.2) is 0 Å². The summed E-state index contributed by atoms with van der Waals surface area (Å²) in [6, 6.07) is 14.9. The van der Waals surface area contributed by atoms with Gasteiger partial charge in [-0.2, -0.15) is 0 Å². The van der Waals surface area contributed by atoms with E-state index in [4.69, 9.17) is 47.3 Å². The highest BCUT2D eigenvalue weighted by molar-refractivity contribution is 6.74. The van der Waals surface area contributed by atoms with Crippen molar-refractivity contribution < 1.29 is 37.3 Å². The second kappa shape index (κ2) is 21.2. The molecule has 2 rings (SSSR count). The smallest absolute Gasteiger partial charge is 0.192 e. The van der Waals surface area contributed by atoms with Gasteiger partial charge in [0.25, 0.3) is 0 Å². The van der Waals surface area contributed by atoms with E-state index < -0.39 is 16.6 Å². The number of rotatable bonds is 23. The van der Waals surface area contributed by atoms with Gasteiger partial charge in [-0.15, -0.1) is 0 Å². The average molecular weight is 733 g/mol. The summed E-state index contributed by atoms with van der Waals surface area (Å²) in [7, 11) is -0.964. The van der Waals surface area contributed by atoms with Crippen molar-refractivity contribution in [1.29, 1.82) is 0 Å². The molecule has 0 fully saturated rings. The highest BCUT2D eigenvalue weighted by Crippen LogP contribution is 2.38. The molecule has 282 valence electrons. The number of ether oxygens (including phenoxy) is 6. The van der Waals surface area contributed by atoms with Crippen molar-refractivity contribution in [1.82, 2.24) is 0 Å². The van der Waals surface area contributed by atoms with E-state index in [0.717, 1.165) is 11.1 Å². The van der Waals surface area contributed by atoms with Crippen LogP contribution in [0.1, 0.15) is 52.7 Å². The molecule has 0 aliphatic heterocycles. The van der Waals surface area contributed by atoms with Crippen LogP contribution in [0.2, 0.25) is 36.3 Å². The Hall–Kier alpha value is -2.43. The minimum absolute atomic E-state index is 0.0303. The van der Waals surface area contributed by atoms with Crippen molar-refractivity contribution in [3.8, 4) is 11.5 Å². The van der Waals surface area contributed by atoms with Gasteiger partial charge < -0.3 is 37.3 Å². The van der Waals surface area contributed by atoms with Gasteiger partial charge in [0, 0.05) is 37.8 Å². The van der Waals surface area contributed by atoms with Gasteiger partial charge in [0.05, 0.1) is 51.7 Å². The van der Waals surface area contributed by atoms with E-state index in [1.54, 1.807) is 14.2 Å². The minimum atomic E-state index is -2.12. The van der Waals surface area contributed by atoms with Crippen LogP contribution in [0, 0.1) is 0 Å². The summed E-state index contributed by atoms with van der Waals surface area (Å²) in [4.78, 5) is 10.3. The summed E-state index contributed by atoms with van der Waals surface area (Å²) in [5.74, 6) is 1.35. The lowest BCUT2D eigenvalue weighted by Crippen LogP contribution is -2.46. The standard InChI is InChI=1S/C38H64N2O8Si2/c1-37(2,3)49(9,10)47-27-33(39-25-31-17-13-15-19-35(31)45-29-43-23-21-41-7)34(28-48-50(11,12)38(4,5)6)40-26-32-18-14-16-20-36(32)46-30-44-24-22-42-8/h13-20,25-26,33-34H,21-24,27-30H2,1-12H3/t33-,34-/m0/s1. The summed E-state index contributed by atoms with van der Waals surface area (Å²) < 4.78 is 46.8. The Morgan fingerprint density at radius 1 is 0.580 bits per heavy atom. The van der Waals surface area contributed by atoms with E-state index in [9.17, 15) is 0 Å². The Kier molecular flexibility index (Phi) is 18.5. The van der Waals surface area contributed by atoms with Crippen molar-refractivity contribution >= 4 is 29.1 Å². The van der Waals surface area contributed by atoms with Crippen LogP contribution in [0.4, 0.5) is 0 Å². The van der Waals surface area contributed by atoms with E-state index in [0.29, 0.717) is 51.1 Å². The van der Waals surface area contributed by atoms with Gasteiger partial charge in [-0.1, -0.05) is 65.8 Å². The van der Waals surface area contributed by atoms with Crippen molar-refractivity contribution in [3.05, 3.63) is 59.7 Å². The zero-order valence-electron chi connectivity index (χ0n) is 32.7. The number of hydrogen-bond donors (Lipinski definition) is 0. The predicted octanol–water partition coefficient (Wildman–Crippen LogP) is 8.00. The van der Waals surface area contributed by atoms with Gasteiger partial charge >= 0.3 is 0 Å². The van der Waals surface area contributed by atoms with Crippen LogP contribution < -0.4 is 9.47 Å². The van der Waals surface area contributed by atoms with Crippen LogP contribution >= 0.6 is 0 Å². The lowest BCUT2D eigenvalue weighted by molar-refractivity contribution is -0.00862. The third kappa shape index (κ3) is 15.0. The number of nitrogens with zero attached hydrogens (tertiary/aromatic N) is 2. The molecule has 2 aromatic rings. The van der Waals surface area contributed by atoms with Gasteiger partial charge in [-0.3, -0.25) is 9.98 Å². The van der Waals surface area contributed by atoms with Crippen LogP contribution in [0.5, 0.6) is 11.5 Å². The molecule has 0 amide bonds. The molecule has 50 heavy (non-hydrogen) atoms. The van der Waals surface area contributed by atoms with E-state index in [1.165, 1.54) is 0 Å². The fourth-order valence-electron chi connectivity index (χ4n) is 3.93. The predicted molar refractivity (Wildman–Crippen MR) is 209 cm³/mol. The molecule has 0 aliphatic carbocycles. The molecule has 2 aromatic carbocycles. The quantitative estimate of drug-likeness (QED) is 0.0491. The Labute approximate surface area is 304 Å². The summed E-state index contributed by atoms with van der Waals surface area (Å²) in [5.41, 5.74) is 1.67. The van der Waals surface area contributed by atoms with Crippen molar-refractivity contribution in [2.45, 2.75) is 89.9 Å². The molecule has 0 heterocycles. The molecule has 0 spiro atoms. The highest BCUT2D eigenvalue weighted by atomic mass is 28.4. The molecule has 0 aromatic heterocycles. The molecule has 0 N–H and O–H groups in total. The lowest BCUT2D eigenvalue weighted by Gasteiger charge is -2.39. The van der Waals surface area contributed by atoms with E-state index in [-0.39, 0.29) is 35.7 Å². The highest BCUT2D eigenvalue weighted by Gasteiger charge is 2.40. The van der Waals surface area contributed by atoms with E-state index in [1.807, 2.05) is 61.0 Å². The van der Waals surface area contributed by atoms with E-state index in [2.05, 4.69) is 67.7 Å². The Morgan fingerprint density at radius 2 is 0.940 bits per heavy atom. The SMILES string of the molecule is COCCOCOc1ccccc1C=N[C@@H](CO[Si](C)(C)C(C)(C)C)[C@H](CO[Si](C)(C)C(C)(C)C)N=Cc1ccccc1OCOCCOC. The van der Waals surface area contributed by atoms with Crippen molar-refractivity contribution in [3.63, 3.8) is 0 Å². The maximum Gasteiger partial charge on any atom is 0.192 e. The number of methoxy groups -OCH3 is 2. The summed E-state index contributed by atoms with van der Waals surface area (Å²) in [6.45, 7) is 25.4. The largest absolute Gasteiger partial charge is 0.467 e. The molecule has 10 nitrogen and oxygen atoms in total.